The van der Waals surface area contributed by atoms with Crippen molar-refractivity contribution in [3.63, 3.8) is 0 Å². The number of halogens is 1. The summed E-state index contributed by atoms with van der Waals surface area (Å²) in [4.78, 5) is 19.9. The summed E-state index contributed by atoms with van der Waals surface area (Å²) in [6.45, 7) is 1.15. The normalized spacial score (nSPS) is 10.8. The highest BCUT2D eigenvalue weighted by molar-refractivity contribution is 6.12. The molecule has 0 aliphatic carbocycles. The van der Waals surface area contributed by atoms with Crippen LogP contribution in [0, 0.1) is 0 Å². The standard InChI is InChI=1S/C22H24N4O2.ClH.H2O/c1-26(2)14-16-10-12-17(13-11-16)15-28-25-22(23)24-21(27)20-9-5-7-18-6-3-4-8-19(18)20;;/h3-13H,14-15H2,1-2H3,(H3,23,24,25,27);1H;1H2. The fraction of sp³-hybridized carbons (Fsp3) is 0.182. The van der Waals surface area contributed by atoms with Gasteiger partial charge in [-0.2, -0.15) is 0 Å². The van der Waals surface area contributed by atoms with Gasteiger partial charge in [0.05, 0.1) is 0 Å². The summed E-state index contributed by atoms with van der Waals surface area (Å²) < 4.78 is 0. The topological polar surface area (TPSA) is 111 Å². The molecule has 8 heteroatoms. The smallest absolute Gasteiger partial charge is 0.258 e. The zero-order chi connectivity index (χ0) is 19.9. The SMILES string of the molecule is CN(C)Cc1ccc(CON=C(N)NC(=O)c2cccc3ccccc23)cc1.Cl.O. The minimum atomic E-state index is -0.324. The van der Waals surface area contributed by atoms with Crippen LogP contribution in [0.1, 0.15) is 21.5 Å². The summed E-state index contributed by atoms with van der Waals surface area (Å²) in [5.41, 5.74) is 8.51. The van der Waals surface area contributed by atoms with Crippen molar-refractivity contribution >= 4 is 35.0 Å². The Balaban J connectivity index is 0.00000225. The number of amides is 1. The lowest BCUT2D eigenvalue weighted by atomic mass is 10.0. The number of nitrogens with two attached hydrogens (primary N) is 1. The molecule has 3 aromatic carbocycles. The first-order valence-corrected chi connectivity index (χ1v) is 9.00. The number of nitrogens with one attached hydrogen (secondary N) is 1. The Morgan fingerprint density at radius 1 is 1.00 bits per heavy atom. The van der Waals surface area contributed by atoms with E-state index >= 15 is 0 Å². The maximum Gasteiger partial charge on any atom is 0.258 e. The van der Waals surface area contributed by atoms with Crippen LogP contribution in [0.3, 0.4) is 0 Å². The van der Waals surface area contributed by atoms with E-state index < -0.39 is 0 Å². The van der Waals surface area contributed by atoms with Gasteiger partial charge in [-0.15, -0.1) is 12.4 Å². The maximum atomic E-state index is 12.5. The molecule has 3 rings (SSSR count). The monoisotopic (exact) mass is 430 g/mol. The lowest BCUT2D eigenvalue weighted by Gasteiger charge is -2.10. The molecule has 30 heavy (non-hydrogen) atoms. The Bertz CT molecular complexity index is 986. The molecule has 0 fully saturated rings. The van der Waals surface area contributed by atoms with Crippen LogP contribution in [0.4, 0.5) is 0 Å². The van der Waals surface area contributed by atoms with Crippen molar-refractivity contribution in [1.82, 2.24) is 10.2 Å². The van der Waals surface area contributed by atoms with E-state index in [1.165, 1.54) is 5.56 Å². The molecule has 3 aromatic rings. The zero-order valence-corrected chi connectivity index (χ0v) is 17.8. The molecule has 0 atom stereocenters. The Hall–Kier alpha value is -3.13. The number of fused-ring (bicyclic) bond motifs is 1. The van der Waals surface area contributed by atoms with Gasteiger partial charge in [-0.05, 0) is 47.2 Å². The molecule has 0 radical (unpaired) electrons. The minimum Gasteiger partial charge on any atom is -0.412 e. The van der Waals surface area contributed by atoms with Crippen molar-refractivity contribution in [3.8, 4) is 0 Å². The Labute approximate surface area is 182 Å². The summed E-state index contributed by atoms with van der Waals surface area (Å²) in [6.07, 6.45) is 0. The molecule has 0 aromatic heterocycles. The minimum absolute atomic E-state index is 0. The highest BCUT2D eigenvalue weighted by atomic mass is 35.5. The quantitative estimate of drug-likeness (QED) is 0.355. The van der Waals surface area contributed by atoms with E-state index in [0.717, 1.165) is 22.9 Å². The molecule has 160 valence electrons. The summed E-state index contributed by atoms with van der Waals surface area (Å²) in [6, 6.07) is 21.3. The van der Waals surface area contributed by atoms with Crippen molar-refractivity contribution < 1.29 is 15.1 Å². The number of benzene rings is 3. The first kappa shape index (κ1) is 24.9. The molecule has 1 amide bonds. The van der Waals surface area contributed by atoms with Crippen molar-refractivity contribution in [3.05, 3.63) is 83.4 Å². The predicted octanol–water partition coefficient (Wildman–Crippen LogP) is 2.67. The molecule has 0 unspecified atom stereocenters. The Kier molecular flexibility index (Phi) is 9.77. The summed E-state index contributed by atoms with van der Waals surface area (Å²) >= 11 is 0. The highest BCUT2D eigenvalue weighted by Crippen LogP contribution is 2.18. The summed E-state index contributed by atoms with van der Waals surface area (Å²) in [7, 11) is 4.06. The van der Waals surface area contributed by atoms with E-state index in [-0.39, 0.29) is 36.4 Å². The van der Waals surface area contributed by atoms with E-state index in [0.29, 0.717) is 5.56 Å². The van der Waals surface area contributed by atoms with Gasteiger partial charge >= 0.3 is 0 Å². The van der Waals surface area contributed by atoms with E-state index in [2.05, 4.69) is 15.4 Å². The second-order valence-corrected chi connectivity index (χ2v) is 6.79. The third-order valence-electron chi connectivity index (χ3n) is 4.19. The number of rotatable bonds is 6. The number of guanidine groups is 1. The van der Waals surface area contributed by atoms with Gasteiger partial charge in [-0.25, -0.2) is 0 Å². The van der Waals surface area contributed by atoms with Gasteiger partial charge in [-0.1, -0.05) is 60.7 Å². The molecule has 0 saturated heterocycles. The van der Waals surface area contributed by atoms with Crippen LogP contribution in [-0.4, -0.2) is 36.3 Å². The van der Waals surface area contributed by atoms with Gasteiger partial charge in [0.25, 0.3) is 5.91 Å². The molecule has 7 nitrogen and oxygen atoms in total. The van der Waals surface area contributed by atoms with Crippen molar-refractivity contribution in [2.45, 2.75) is 13.2 Å². The van der Waals surface area contributed by atoms with Gasteiger partial charge in [0.15, 0.2) is 0 Å². The zero-order valence-electron chi connectivity index (χ0n) is 17.0. The van der Waals surface area contributed by atoms with E-state index in [9.17, 15) is 4.79 Å². The van der Waals surface area contributed by atoms with Crippen molar-refractivity contribution in [1.29, 1.82) is 0 Å². The molecule has 0 aliphatic heterocycles. The number of hydrogen-bond donors (Lipinski definition) is 2. The third-order valence-corrected chi connectivity index (χ3v) is 4.19. The fourth-order valence-corrected chi connectivity index (χ4v) is 2.91. The van der Waals surface area contributed by atoms with Crippen LogP contribution in [0.2, 0.25) is 0 Å². The predicted molar refractivity (Wildman–Crippen MR) is 123 cm³/mol. The average Bonchev–Trinajstić information content (AvgIpc) is 2.68. The third kappa shape index (κ3) is 6.73. The van der Waals surface area contributed by atoms with Gasteiger partial charge in [-0.3, -0.25) is 10.1 Å². The summed E-state index contributed by atoms with van der Waals surface area (Å²) in [5, 5.41) is 8.20. The molecular weight excluding hydrogens is 404 g/mol. The maximum absolute atomic E-state index is 12.5. The van der Waals surface area contributed by atoms with Crippen molar-refractivity contribution in [2.75, 3.05) is 14.1 Å². The van der Waals surface area contributed by atoms with Gasteiger partial charge in [0.1, 0.15) is 6.61 Å². The van der Waals surface area contributed by atoms with Gasteiger partial charge in [0, 0.05) is 12.1 Å². The van der Waals surface area contributed by atoms with Crippen LogP contribution < -0.4 is 11.1 Å². The molecule has 0 bridgehead atoms. The molecule has 0 spiro atoms. The molecule has 0 aliphatic rings. The first-order valence-electron chi connectivity index (χ1n) is 9.00. The van der Waals surface area contributed by atoms with E-state index in [1.807, 2.05) is 74.8 Å². The number of oxime groups is 1. The number of nitrogens with zero attached hydrogens (tertiary/aromatic N) is 2. The van der Waals surface area contributed by atoms with Crippen LogP contribution in [0.5, 0.6) is 0 Å². The first-order chi connectivity index (χ1) is 13.5. The summed E-state index contributed by atoms with van der Waals surface area (Å²) in [5.74, 6) is -0.406. The van der Waals surface area contributed by atoms with Crippen LogP contribution in [-0.2, 0) is 18.0 Å². The van der Waals surface area contributed by atoms with Crippen LogP contribution in [0.25, 0.3) is 10.8 Å². The van der Waals surface area contributed by atoms with E-state index in [1.54, 1.807) is 6.07 Å². The van der Waals surface area contributed by atoms with Crippen LogP contribution in [0.15, 0.2) is 71.9 Å². The second-order valence-electron chi connectivity index (χ2n) is 6.79. The number of hydrogen-bond acceptors (Lipinski definition) is 4. The molecular formula is C22H27ClN4O3. The van der Waals surface area contributed by atoms with Crippen LogP contribution >= 0.6 is 12.4 Å². The lowest BCUT2D eigenvalue weighted by Crippen LogP contribution is -2.37. The van der Waals surface area contributed by atoms with Gasteiger partial charge < -0.3 is 20.9 Å². The molecule has 0 heterocycles. The lowest BCUT2D eigenvalue weighted by molar-refractivity contribution is 0.0969. The fourth-order valence-electron chi connectivity index (χ4n) is 2.91. The highest BCUT2D eigenvalue weighted by Gasteiger charge is 2.10. The molecule has 0 saturated carbocycles. The number of carbonyl (C=O) groups is 1. The largest absolute Gasteiger partial charge is 0.412 e. The Morgan fingerprint density at radius 2 is 1.63 bits per heavy atom. The average molecular weight is 431 g/mol. The van der Waals surface area contributed by atoms with E-state index in [4.69, 9.17) is 10.6 Å². The van der Waals surface area contributed by atoms with Gasteiger partial charge in [0.2, 0.25) is 5.96 Å². The molecule has 5 N–H and O–H groups in total. The second kappa shape index (κ2) is 11.8. The van der Waals surface area contributed by atoms with Crippen molar-refractivity contribution in [2.24, 2.45) is 10.9 Å². The number of carbonyl (C=O) groups excluding carboxylic acids is 1. The Morgan fingerprint density at radius 3 is 2.33 bits per heavy atom.